The molecule has 0 radical (unpaired) electrons. The monoisotopic (exact) mass is 294 g/mol. The zero-order valence-corrected chi connectivity index (χ0v) is 14.7. The van der Waals surface area contributed by atoms with E-state index in [-0.39, 0.29) is 5.78 Å². The molecule has 0 aromatic heterocycles. The molecule has 0 heterocycles. The highest BCUT2D eigenvalue weighted by atomic mass is 16.1. The number of hydrogen-bond donors (Lipinski definition) is 0. The van der Waals surface area contributed by atoms with Gasteiger partial charge in [-0.1, -0.05) is 97.0 Å². The molecule has 0 saturated heterocycles. The maximum atomic E-state index is 11.0. The highest BCUT2D eigenvalue weighted by molar-refractivity contribution is 5.92. The maximum Gasteiger partial charge on any atom is 0.155 e. The van der Waals surface area contributed by atoms with Crippen molar-refractivity contribution in [3.63, 3.8) is 0 Å². The molecule has 0 amide bonds. The molecule has 0 saturated carbocycles. The summed E-state index contributed by atoms with van der Waals surface area (Å²) < 4.78 is 0. The van der Waals surface area contributed by atoms with Crippen LogP contribution in [0.1, 0.15) is 110 Å². The number of rotatable bonds is 16. The summed E-state index contributed by atoms with van der Waals surface area (Å²) in [5, 5.41) is 0. The molecule has 0 bridgehead atoms. The summed E-state index contributed by atoms with van der Waals surface area (Å²) in [6, 6.07) is 0. The minimum absolute atomic E-state index is 0.157. The van der Waals surface area contributed by atoms with Crippen LogP contribution in [0.4, 0.5) is 0 Å². The molecule has 0 aliphatic rings. The van der Waals surface area contributed by atoms with E-state index in [2.05, 4.69) is 13.5 Å². The molecule has 1 nitrogen and oxygen atoms in total. The van der Waals surface area contributed by atoms with Crippen molar-refractivity contribution in [1.82, 2.24) is 0 Å². The number of hydrogen-bond acceptors (Lipinski definition) is 1. The van der Waals surface area contributed by atoms with E-state index in [1.807, 2.05) is 0 Å². The number of carbonyl (C=O) groups excluding carboxylic acids is 1. The van der Waals surface area contributed by atoms with Gasteiger partial charge in [0.2, 0.25) is 0 Å². The lowest BCUT2D eigenvalue weighted by molar-refractivity contribution is -0.113. The first-order valence-corrected chi connectivity index (χ1v) is 9.37. The van der Waals surface area contributed by atoms with Crippen LogP contribution in [-0.4, -0.2) is 5.78 Å². The first-order chi connectivity index (χ1) is 10.2. The second kappa shape index (κ2) is 15.8. The van der Waals surface area contributed by atoms with Crippen LogP contribution in [0, 0.1) is 0 Å². The largest absolute Gasteiger partial charge is 0.295 e. The summed E-state index contributed by atoms with van der Waals surface area (Å²) in [6.45, 7) is 7.70. The minimum Gasteiger partial charge on any atom is -0.295 e. The van der Waals surface area contributed by atoms with Crippen LogP contribution in [-0.2, 0) is 4.79 Å². The zero-order valence-electron chi connectivity index (χ0n) is 14.7. The van der Waals surface area contributed by atoms with Crippen molar-refractivity contribution in [3.8, 4) is 0 Å². The molecule has 0 N–H and O–H groups in total. The van der Waals surface area contributed by atoms with Gasteiger partial charge in [0.15, 0.2) is 5.78 Å². The Morgan fingerprint density at radius 1 is 0.667 bits per heavy atom. The summed E-state index contributed by atoms with van der Waals surface area (Å²) >= 11 is 0. The Morgan fingerprint density at radius 2 is 1.00 bits per heavy atom. The average Bonchev–Trinajstić information content (AvgIpc) is 2.47. The van der Waals surface area contributed by atoms with E-state index in [1.54, 1.807) is 6.92 Å². The molecule has 0 spiro atoms. The van der Waals surface area contributed by atoms with E-state index in [4.69, 9.17) is 0 Å². The van der Waals surface area contributed by atoms with E-state index in [1.165, 1.54) is 83.5 Å². The number of unbranched alkanes of at least 4 members (excludes halogenated alkanes) is 13. The molecular weight excluding hydrogens is 256 g/mol. The molecule has 0 aromatic carbocycles. The van der Waals surface area contributed by atoms with Gasteiger partial charge in [0.25, 0.3) is 0 Å². The van der Waals surface area contributed by atoms with Crippen molar-refractivity contribution in [1.29, 1.82) is 0 Å². The first-order valence-electron chi connectivity index (χ1n) is 9.37. The molecule has 21 heavy (non-hydrogen) atoms. The number of Topliss-reactive ketones (excluding diaryl/α,β-unsaturated/α-hetero) is 1. The van der Waals surface area contributed by atoms with E-state index in [0.29, 0.717) is 0 Å². The van der Waals surface area contributed by atoms with Gasteiger partial charge in [-0.05, 0) is 25.3 Å². The fourth-order valence-electron chi connectivity index (χ4n) is 2.71. The fourth-order valence-corrected chi connectivity index (χ4v) is 2.71. The predicted octanol–water partition coefficient (Wildman–Crippen LogP) is 7.00. The van der Waals surface area contributed by atoms with Crippen LogP contribution < -0.4 is 0 Å². The van der Waals surface area contributed by atoms with E-state index < -0.39 is 0 Å². The SMILES string of the molecule is C=C(CCCCCCCCCCCCCCCC)C(C)=O. The van der Waals surface area contributed by atoms with Crippen LogP contribution in [0.25, 0.3) is 0 Å². The van der Waals surface area contributed by atoms with Gasteiger partial charge >= 0.3 is 0 Å². The van der Waals surface area contributed by atoms with Crippen molar-refractivity contribution in [2.75, 3.05) is 0 Å². The van der Waals surface area contributed by atoms with Crippen LogP contribution in [0.3, 0.4) is 0 Å². The van der Waals surface area contributed by atoms with Crippen LogP contribution >= 0.6 is 0 Å². The van der Waals surface area contributed by atoms with Gasteiger partial charge in [-0.25, -0.2) is 0 Å². The van der Waals surface area contributed by atoms with Crippen molar-refractivity contribution in [2.45, 2.75) is 110 Å². The standard InChI is InChI=1S/C20H38O/c1-4-5-6-7-8-9-10-11-12-13-14-15-16-17-18-19(2)20(3)21/h2,4-18H2,1,3H3. The zero-order chi connectivity index (χ0) is 15.8. The summed E-state index contributed by atoms with van der Waals surface area (Å²) in [5.41, 5.74) is 0.800. The van der Waals surface area contributed by atoms with Gasteiger partial charge in [-0.3, -0.25) is 4.79 Å². The lowest BCUT2D eigenvalue weighted by atomic mass is 10.0. The van der Waals surface area contributed by atoms with Crippen molar-refractivity contribution < 1.29 is 4.79 Å². The van der Waals surface area contributed by atoms with Crippen LogP contribution in [0.15, 0.2) is 12.2 Å². The predicted molar refractivity (Wildman–Crippen MR) is 94.8 cm³/mol. The third kappa shape index (κ3) is 15.6. The van der Waals surface area contributed by atoms with E-state index >= 15 is 0 Å². The smallest absolute Gasteiger partial charge is 0.155 e. The fraction of sp³-hybridized carbons (Fsp3) is 0.850. The maximum absolute atomic E-state index is 11.0. The molecule has 0 atom stereocenters. The molecule has 0 unspecified atom stereocenters. The summed E-state index contributed by atoms with van der Waals surface area (Å²) in [6.07, 6.45) is 20.2. The third-order valence-corrected chi connectivity index (χ3v) is 4.33. The van der Waals surface area contributed by atoms with E-state index in [0.717, 1.165) is 18.4 Å². The lowest BCUT2D eigenvalue weighted by Gasteiger charge is -2.03. The molecule has 0 aliphatic heterocycles. The number of ketones is 1. The van der Waals surface area contributed by atoms with Gasteiger partial charge in [-0.15, -0.1) is 0 Å². The Morgan fingerprint density at radius 3 is 1.33 bits per heavy atom. The molecule has 0 aromatic rings. The quantitative estimate of drug-likeness (QED) is 0.221. The van der Waals surface area contributed by atoms with Crippen LogP contribution in [0.2, 0.25) is 0 Å². The second-order valence-corrected chi connectivity index (χ2v) is 6.51. The molecule has 0 aliphatic carbocycles. The highest BCUT2D eigenvalue weighted by Gasteiger charge is 1.99. The van der Waals surface area contributed by atoms with E-state index in [9.17, 15) is 4.79 Å². The molecule has 0 fully saturated rings. The highest BCUT2D eigenvalue weighted by Crippen LogP contribution is 2.14. The Hall–Kier alpha value is -0.590. The van der Waals surface area contributed by atoms with Crippen molar-refractivity contribution in [2.24, 2.45) is 0 Å². The average molecular weight is 295 g/mol. The normalized spacial score (nSPS) is 10.8. The Kier molecular flexibility index (Phi) is 15.3. The topological polar surface area (TPSA) is 17.1 Å². The van der Waals surface area contributed by atoms with Crippen molar-refractivity contribution >= 4 is 5.78 Å². The summed E-state index contributed by atoms with van der Waals surface area (Å²) in [7, 11) is 0. The molecule has 124 valence electrons. The van der Waals surface area contributed by atoms with Crippen LogP contribution in [0.5, 0.6) is 0 Å². The van der Waals surface area contributed by atoms with Gasteiger partial charge in [0, 0.05) is 0 Å². The first kappa shape index (κ1) is 20.4. The summed E-state index contributed by atoms with van der Waals surface area (Å²) in [4.78, 5) is 11.0. The van der Waals surface area contributed by atoms with Gasteiger partial charge in [-0.2, -0.15) is 0 Å². The molecule has 0 rings (SSSR count). The molecular formula is C20H38O. The lowest BCUT2D eigenvalue weighted by Crippen LogP contribution is -1.94. The number of allylic oxidation sites excluding steroid dienone is 1. The summed E-state index contributed by atoms with van der Waals surface area (Å²) in [5.74, 6) is 0.157. The Balaban J connectivity index is 3.06. The second-order valence-electron chi connectivity index (χ2n) is 6.51. The van der Waals surface area contributed by atoms with Gasteiger partial charge in [0.05, 0.1) is 0 Å². The molecule has 1 heteroatoms. The van der Waals surface area contributed by atoms with Crippen molar-refractivity contribution in [3.05, 3.63) is 12.2 Å². The third-order valence-electron chi connectivity index (χ3n) is 4.33. The number of carbonyl (C=O) groups is 1. The Bertz CT molecular complexity index is 255. The van der Waals surface area contributed by atoms with Gasteiger partial charge in [0.1, 0.15) is 0 Å². The minimum atomic E-state index is 0.157. The Labute approximate surface area is 133 Å². The van der Waals surface area contributed by atoms with Gasteiger partial charge < -0.3 is 0 Å².